The minimum Gasteiger partial charge on any atom is -0.399 e. The molecule has 0 fully saturated rings. The lowest BCUT2D eigenvalue weighted by Gasteiger charge is -1.98. The van der Waals surface area contributed by atoms with E-state index in [4.69, 9.17) is 10.3 Å². The summed E-state index contributed by atoms with van der Waals surface area (Å²) < 4.78 is 5.12. The predicted octanol–water partition coefficient (Wildman–Crippen LogP) is 2.90. The van der Waals surface area contributed by atoms with Crippen molar-refractivity contribution in [3.63, 3.8) is 0 Å². The zero-order chi connectivity index (χ0) is 12.1. The molecule has 0 amide bonds. The predicted molar refractivity (Wildman–Crippen MR) is 68.7 cm³/mol. The molecule has 2 aromatic rings. The maximum absolute atomic E-state index is 5.62. The molecule has 0 bridgehead atoms. The molecule has 1 heterocycles. The molecule has 5 heteroatoms. The van der Waals surface area contributed by atoms with Crippen molar-refractivity contribution in [2.45, 2.75) is 30.4 Å². The average molecular weight is 249 g/mol. The summed E-state index contributed by atoms with van der Waals surface area (Å²) in [5.74, 6) is 2.19. The number of benzene rings is 1. The molecule has 1 aromatic carbocycles. The van der Waals surface area contributed by atoms with Crippen LogP contribution in [0.3, 0.4) is 0 Å². The van der Waals surface area contributed by atoms with Gasteiger partial charge in [0.2, 0.25) is 5.89 Å². The molecule has 0 unspecified atom stereocenters. The fourth-order valence-electron chi connectivity index (χ4n) is 1.38. The van der Waals surface area contributed by atoms with Crippen LogP contribution in [0.5, 0.6) is 0 Å². The Morgan fingerprint density at radius 2 is 2.06 bits per heavy atom. The van der Waals surface area contributed by atoms with Crippen molar-refractivity contribution in [1.29, 1.82) is 0 Å². The first-order valence-electron chi connectivity index (χ1n) is 5.57. The van der Waals surface area contributed by atoms with Crippen molar-refractivity contribution in [2.24, 2.45) is 0 Å². The molecule has 1 aromatic heterocycles. The number of anilines is 1. The Morgan fingerprint density at radius 1 is 1.29 bits per heavy atom. The summed E-state index contributed by atoms with van der Waals surface area (Å²) in [5, 5.41) is 3.94. The lowest BCUT2D eigenvalue weighted by atomic mass is 10.3. The van der Waals surface area contributed by atoms with Gasteiger partial charge in [-0.05, 0) is 30.7 Å². The molecule has 17 heavy (non-hydrogen) atoms. The molecule has 0 aliphatic carbocycles. The fraction of sp³-hybridized carbons (Fsp3) is 0.333. The number of thioether (sulfide) groups is 1. The second-order valence-corrected chi connectivity index (χ2v) is 4.76. The highest BCUT2D eigenvalue weighted by atomic mass is 32.2. The smallest absolute Gasteiger partial charge is 0.226 e. The molecule has 0 aliphatic rings. The summed E-state index contributed by atoms with van der Waals surface area (Å²) in [6.45, 7) is 2.09. The van der Waals surface area contributed by atoms with Crippen molar-refractivity contribution in [3.8, 4) is 0 Å². The molecule has 2 N–H and O–H groups in total. The van der Waals surface area contributed by atoms with Crippen LogP contribution in [-0.2, 0) is 12.2 Å². The summed E-state index contributed by atoms with van der Waals surface area (Å²) in [6, 6.07) is 7.77. The monoisotopic (exact) mass is 249 g/mol. The number of nitrogens with zero attached hydrogens (tertiary/aromatic N) is 2. The van der Waals surface area contributed by atoms with Crippen molar-refractivity contribution < 1.29 is 4.52 Å². The Kier molecular flexibility index (Phi) is 4.03. The summed E-state index contributed by atoms with van der Waals surface area (Å²) >= 11 is 1.67. The highest BCUT2D eigenvalue weighted by Crippen LogP contribution is 2.22. The molecule has 0 saturated carbocycles. The van der Waals surface area contributed by atoms with Crippen molar-refractivity contribution in [1.82, 2.24) is 10.1 Å². The van der Waals surface area contributed by atoms with E-state index in [0.29, 0.717) is 0 Å². The molecule has 90 valence electrons. The number of aryl methyl sites for hydroxylation is 1. The molecule has 0 spiro atoms. The Morgan fingerprint density at radius 3 is 2.76 bits per heavy atom. The Balaban J connectivity index is 1.90. The molecule has 0 aliphatic heterocycles. The van der Waals surface area contributed by atoms with Crippen LogP contribution in [0.25, 0.3) is 0 Å². The van der Waals surface area contributed by atoms with Gasteiger partial charge in [0.1, 0.15) is 0 Å². The van der Waals surface area contributed by atoms with Gasteiger partial charge < -0.3 is 10.3 Å². The third-order valence-electron chi connectivity index (χ3n) is 2.22. The molecule has 0 radical (unpaired) electrons. The largest absolute Gasteiger partial charge is 0.399 e. The van der Waals surface area contributed by atoms with E-state index < -0.39 is 0 Å². The molecule has 2 rings (SSSR count). The van der Waals surface area contributed by atoms with Gasteiger partial charge in [-0.15, -0.1) is 11.8 Å². The molecule has 4 nitrogen and oxygen atoms in total. The maximum Gasteiger partial charge on any atom is 0.226 e. The zero-order valence-corrected chi connectivity index (χ0v) is 10.5. The highest BCUT2D eigenvalue weighted by Gasteiger charge is 2.05. The van der Waals surface area contributed by atoms with E-state index in [-0.39, 0.29) is 0 Å². The number of aromatic nitrogens is 2. The van der Waals surface area contributed by atoms with Crippen LogP contribution in [0.2, 0.25) is 0 Å². The zero-order valence-electron chi connectivity index (χ0n) is 9.72. The summed E-state index contributed by atoms with van der Waals surface area (Å²) in [7, 11) is 0. The Hall–Kier alpha value is -1.49. The minimum absolute atomic E-state index is 0.719. The first-order valence-corrected chi connectivity index (χ1v) is 6.56. The van der Waals surface area contributed by atoms with Crippen molar-refractivity contribution in [2.75, 3.05) is 5.73 Å². The molecular formula is C12H15N3OS. The van der Waals surface area contributed by atoms with E-state index in [0.717, 1.165) is 40.9 Å². The van der Waals surface area contributed by atoms with E-state index in [1.807, 2.05) is 24.3 Å². The quantitative estimate of drug-likeness (QED) is 0.652. The Labute approximate surface area is 105 Å². The second kappa shape index (κ2) is 5.72. The van der Waals surface area contributed by atoms with Gasteiger partial charge >= 0.3 is 0 Å². The topological polar surface area (TPSA) is 64.9 Å². The van der Waals surface area contributed by atoms with Gasteiger partial charge in [-0.3, -0.25) is 0 Å². The minimum atomic E-state index is 0.719. The van der Waals surface area contributed by atoms with Gasteiger partial charge in [0, 0.05) is 17.0 Å². The summed E-state index contributed by atoms with van der Waals surface area (Å²) in [5.41, 5.74) is 6.40. The third-order valence-corrected chi connectivity index (χ3v) is 3.23. The normalized spacial score (nSPS) is 10.6. The van der Waals surface area contributed by atoms with Gasteiger partial charge in [-0.25, -0.2) is 0 Å². The first-order chi connectivity index (χ1) is 8.28. The molecule has 0 saturated heterocycles. The maximum atomic E-state index is 5.62. The van der Waals surface area contributed by atoms with Crippen LogP contribution in [0.1, 0.15) is 25.1 Å². The SMILES string of the molecule is CCCc1nc(CSc2ccc(N)cc2)no1. The number of hydrogen-bond donors (Lipinski definition) is 1. The van der Waals surface area contributed by atoms with Crippen LogP contribution in [0.4, 0.5) is 5.69 Å². The molecule has 0 atom stereocenters. The number of nitrogen functional groups attached to an aromatic ring is 1. The number of rotatable bonds is 5. The van der Waals surface area contributed by atoms with Crippen molar-refractivity contribution in [3.05, 3.63) is 36.0 Å². The van der Waals surface area contributed by atoms with E-state index in [1.165, 1.54) is 0 Å². The highest BCUT2D eigenvalue weighted by molar-refractivity contribution is 7.98. The van der Waals surface area contributed by atoms with Crippen LogP contribution < -0.4 is 5.73 Å². The van der Waals surface area contributed by atoms with Gasteiger partial charge in [0.05, 0.1) is 5.75 Å². The lowest BCUT2D eigenvalue weighted by molar-refractivity contribution is 0.373. The van der Waals surface area contributed by atoms with Gasteiger partial charge in [-0.2, -0.15) is 4.98 Å². The van der Waals surface area contributed by atoms with E-state index >= 15 is 0 Å². The Bertz CT molecular complexity index is 467. The fourth-order valence-corrected chi connectivity index (χ4v) is 2.12. The third kappa shape index (κ3) is 3.49. The summed E-state index contributed by atoms with van der Waals surface area (Å²) in [6.07, 6.45) is 1.87. The van der Waals surface area contributed by atoms with Gasteiger partial charge in [0.25, 0.3) is 0 Å². The molecular weight excluding hydrogens is 234 g/mol. The average Bonchev–Trinajstić information content (AvgIpc) is 2.77. The van der Waals surface area contributed by atoms with Crippen molar-refractivity contribution >= 4 is 17.4 Å². The van der Waals surface area contributed by atoms with Crippen LogP contribution in [0.15, 0.2) is 33.7 Å². The first kappa shape index (κ1) is 12.0. The van der Waals surface area contributed by atoms with Crippen LogP contribution >= 0.6 is 11.8 Å². The number of nitrogens with two attached hydrogens (primary N) is 1. The summed E-state index contributed by atoms with van der Waals surface area (Å²) in [4.78, 5) is 5.46. The number of hydrogen-bond acceptors (Lipinski definition) is 5. The van der Waals surface area contributed by atoms with Gasteiger partial charge in [-0.1, -0.05) is 12.1 Å². The van der Waals surface area contributed by atoms with Crippen LogP contribution in [-0.4, -0.2) is 10.1 Å². The standard InChI is InChI=1S/C12H15N3OS/c1-2-3-12-14-11(15-16-12)8-17-10-6-4-9(13)5-7-10/h4-7H,2-3,8,13H2,1H3. The lowest BCUT2D eigenvalue weighted by Crippen LogP contribution is -1.87. The van der Waals surface area contributed by atoms with E-state index in [2.05, 4.69) is 17.1 Å². The van der Waals surface area contributed by atoms with E-state index in [1.54, 1.807) is 11.8 Å². The van der Waals surface area contributed by atoms with E-state index in [9.17, 15) is 0 Å². The van der Waals surface area contributed by atoms with Gasteiger partial charge in [0.15, 0.2) is 5.82 Å². The van der Waals surface area contributed by atoms with Crippen LogP contribution in [0, 0.1) is 0 Å². The second-order valence-electron chi connectivity index (χ2n) is 3.71.